The molecule has 0 saturated carbocycles. The van der Waals surface area contributed by atoms with Gasteiger partial charge in [0.15, 0.2) is 11.6 Å². The molecule has 5 heteroatoms. The van der Waals surface area contributed by atoms with E-state index in [0.717, 1.165) is 11.5 Å². The normalized spacial score (nSPS) is 13.6. The molecule has 0 atom stereocenters. The summed E-state index contributed by atoms with van der Waals surface area (Å²) in [4.78, 5) is 7.72. The van der Waals surface area contributed by atoms with Crippen LogP contribution in [0.4, 0.5) is 17.3 Å². The molecule has 4 N–H and O–H groups in total. The summed E-state index contributed by atoms with van der Waals surface area (Å²) in [5.41, 5.74) is 6.25. The van der Waals surface area contributed by atoms with Gasteiger partial charge in [-0.25, -0.2) is 9.97 Å². The summed E-state index contributed by atoms with van der Waals surface area (Å²) in [6.45, 7) is 1.66. The van der Waals surface area contributed by atoms with Crippen LogP contribution in [0.25, 0.3) is 0 Å². The number of nitrogen functional groups attached to an aromatic ring is 1. The number of aromatic nitrogens is 2. The van der Waals surface area contributed by atoms with Gasteiger partial charge in [0.2, 0.25) is 0 Å². The van der Waals surface area contributed by atoms with Crippen molar-refractivity contribution in [3.8, 4) is 0 Å². The summed E-state index contributed by atoms with van der Waals surface area (Å²) in [6, 6.07) is 0. The third-order valence-corrected chi connectivity index (χ3v) is 1.30. The van der Waals surface area contributed by atoms with Crippen molar-refractivity contribution < 1.29 is 1.43 Å². The molecule has 2 heterocycles. The molecule has 0 spiro atoms. The van der Waals surface area contributed by atoms with Gasteiger partial charge in [0.1, 0.15) is 18.7 Å². The SMILES string of the molecule is Nc1ncnc2c1N[CH]N2.[H+]. The quantitative estimate of drug-likeness (QED) is 0.473. The molecule has 1 aromatic rings. The Bertz CT molecular complexity index is 263. The molecule has 0 amide bonds. The Kier molecular flexibility index (Phi) is 0.913. The van der Waals surface area contributed by atoms with Crippen LogP contribution in [0.5, 0.6) is 0 Å². The minimum atomic E-state index is 0. The summed E-state index contributed by atoms with van der Waals surface area (Å²) in [5.74, 6) is 1.19. The summed E-state index contributed by atoms with van der Waals surface area (Å²) >= 11 is 0. The Morgan fingerprint density at radius 3 is 3.10 bits per heavy atom. The second-order valence-corrected chi connectivity index (χ2v) is 1.92. The molecule has 0 unspecified atom stereocenters. The fourth-order valence-electron chi connectivity index (χ4n) is 0.828. The first kappa shape index (κ1) is 5.28. The second-order valence-electron chi connectivity index (χ2n) is 1.92. The molecular weight excluding hydrogens is 130 g/mol. The highest BCUT2D eigenvalue weighted by Crippen LogP contribution is 2.28. The van der Waals surface area contributed by atoms with Gasteiger partial charge in [-0.2, -0.15) is 0 Å². The molecular formula is C5H7N5+. The Labute approximate surface area is 59.2 Å². The van der Waals surface area contributed by atoms with E-state index in [4.69, 9.17) is 5.73 Å². The largest absolute Gasteiger partial charge is 1.00 e. The maximum Gasteiger partial charge on any atom is 1.00 e. The number of nitrogens with zero attached hydrogens (tertiary/aromatic N) is 2. The van der Waals surface area contributed by atoms with E-state index in [1.807, 2.05) is 0 Å². The number of fused-ring (bicyclic) bond motifs is 1. The van der Waals surface area contributed by atoms with E-state index in [1.54, 1.807) is 6.67 Å². The smallest absolute Gasteiger partial charge is 0.382 e. The van der Waals surface area contributed by atoms with E-state index in [0.29, 0.717) is 5.82 Å². The first-order valence-electron chi connectivity index (χ1n) is 2.83. The van der Waals surface area contributed by atoms with Crippen LogP contribution in [0.1, 0.15) is 1.43 Å². The fourth-order valence-corrected chi connectivity index (χ4v) is 0.828. The molecule has 5 nitrogen and oxygen atoms in total. The number of hydrogen-bond acceptors (Lipinski definition) is 5. The van der Waals surface area contributed by atoms with Crippen molar-refractivity contribution in [2.24, 2.45) is 0 Å². The van der Waals surface area contributed by atoms with E-state index in [9.17, 15) is 0 Å². The summed E-state index contributed by atoms with van der Waals surface area (Å²) in [6.07, 6.45) is 1.42. The van der Waals surface area contributed by atoms with Crippen molar-refractivity contribution in [3.63, 3.8) is 0 Å². The van der Waals surface area contributed by atoms with Crippen LogP contribution < -0.4 is 16.4 Å². The van der Waals surface area contributed by atoms with Gasteiger partial charge in [-0.05, 0) is 0 Å². The van der Waals surface area contributed by atoms with E-state index in [-0.39, 0.29) is 1.43 Å². The second kappa shape index (κ2) is 1.73. The van der Waals surface area contributed by atoms with Crippen molar-refractivity contribution in [2.45, 2.75) is 0 Å². The van der Waals surface area contributed by atoms with Gasteiger partial charge in [0.05, 0.1) is 0 Å². The number of rotatable bonds is 0. The molecule has 0 fully saturated rings. The van der Waals surface area contributed by atoms with Crippen LogP contribution in [0.3, 0.4) is 0 Å². The van der Waals surface area contributed by atoms with Crippen LogP contribution in [-0.2, 0) is 0 Å². The van der Waals surface area contributed by atoms with Gasteiger partial charge < -0.3 is 16.4 Å². The van der Waals surface area contributed by atoms with E-state index in [1.165, 1.54) is 6.33 Å². The van der Waals surface area contributed by atoms with Crippen molar-refractivity contribution in [1.82, 2.24) is 9.97 Å². The number of hydrogen-bond donors (Lipinski definition) is 3. The van der Waals surface area contributed by atoms with E-state index < -0.39 is 0 Å². The predicted octanol–water partition coefficient (Wildman–Crippen LogP) is 0.128. The van der Waals surface area contributed by atoms with Crippen LogP contribution in [0, 0.1) is 6.67 Å². The molecule has 51 valence electrons. The van der Waals surface area contributed by atoms with Crippen molar-refractivity contribution in [1.29, 1.82) is 0 Å². The lowest BCUT2D eigenvalue weighted by molar-refractivity contribution is 1.19. The lowest BCUT2D eigenvalue weighted by Gasteiger charge is -1.97. The van der Waals surface area contributed by atoms with Crippen LogP contribution in [-0.4, -0.2) is 9.97 Å². The fraction of sp³-hybridized carbons (Fsp3) is 0. The monoisotopic (exact) mass is 137 g/mol. The Morgan fingerprint density at radius 2 is 2.30 bits per heavy atom. The Balaban J connectivity index is 0.000000605. The summed E-state index contributed by atoms with van der Waals surface area (Å²) in [5, 5.41) is 5.76. The van der Waals surface area contributed by atoms with Gasteiger partial charge in [-0.3, -0.25) is 0 Å². The molecule has 0 saturated heterocycles. The van der Waals surface area contributed by atoms with E-state index >= 15 is 0 Å². The van der Waals surface area contributed by atoms with Gasteiger partial charge in [-0.1, -0.05) is 0 Å². The average molecular weight is 137 g/mol. The lowest BCUT2D eigenvalue weighted by Crippen LogP contribution is -1.95. The molecule has 0 aliphatic carbocycles. The first-order chi connectivity index (χ1) is 4.88. The third-order valence-electron chi connectivity index (χ3n) is 1.30. The van der Waals surface area contributed by atoms with Gasteiger partial charge >= 0.3 is 1.43 Å². The standard InChI is InChI=1S/C5H6N5/c6-4-3-5(9-1-7-3)10-2-8-4/h1-2,7H,(H3,6,8,9,10)/p+1. The number of nitrogens with one attached hydrogen (secondary N) is 2. The molecule has 0 bridgehead atoms. The van der Waals surface area contributed by atoms with Crippen LogP contribution in [0.2, 0.25) is 0 Å². The van der Waals surface area contributed by atoms with Gasteiger partial charge in [0, 0.05) is 0 Å². The Morgan fingerprint density at radius 1 is 1.40 bits per heavy atom. The highest BCUT2D eigenvalue weighted by Gasteiger charge is 2.13. The maximum atomic E-state index is 5.50. The topological polar surface area (TPSA) is 75.9 Å². The third kappa shape index (κ3) is 0.570. The van der Waals surface area contributed by atoms with Crippen molar-refractivity contribution >= 4 is 17.3 Å². The van der Waals surface area contributed by atoms with Crippen LogP contribution >= 0.6 is 0 Å². The zero-order valence-corrected chi connectivity index (χ0v) is 5.13. The molecule has 1 aliphatic heterocycles. The number of anilines is 3. The lowest BCUT2D eigenvalue weighted by atomic mass is 10.4. The van der Waals surface area contributed by atoms with Crippen molar-refractivity contribution in [2.75, 3.05) is 16.4 Å². The minimum Gasteiger partial charge on any atom is -0.382 e. The molecule has 0 aromatic carbocycles. The Hall–Kier alpha value is -1.52. The molecule has 1 aromatic heterocycles. The minimum absolute atomic E-state index is 0. The van der Waals surface area contributed by atoms with Crippen LogP contribution in [0.15, 0.2) is 6.33 Å². The summed E-state index contributed by atoms with van der Waals surface area (Å²) < 4.78 is 0. The predicted molar refractivity (Wildman–Crippen MR) is 39.1 cm³/mol. The molecule has 10 heavy (non-hydrogen) atoms. The van der Waals surface area contributed by atoms with Crippen molar-refractivity contribution in [3.05, 3.63) is 13.0 Å². The number of nitrogens with two attached hydrogens (primary N) is 1. The maximum absolute atomic E-state index is 5.50. The highest BCUT2D eigenvalue weighted by atomic mass is 15.2. The first-order valence-corrected chi connectivity index (χ1v) is 2.83. The zero-order chi connectivity index (χ0) is 6.97. The average Bonchev–Trinajstić information content (AvgIpc) is 2.36. The molecule has 2 rings (SSSR count). The van der Waals surface area contributed by atoms with Gasteiger partial charge in [-0.15, -0.1) is 0 Å². The zero-order valence-electron chi connectivity index (χ0n) is 6.13. The molecule has 1 aliphatic rings. The molecule has 1 radical (unpaired) electrons. The van der Waals surface area contributed by atoms with E-state index in [2.05, 4.69) is 20.6 Å². The summed E-state index contributed by atoms with van der Waals surface area (Å²) in [7, 11) is 0. The highest BCUT2D eigenvalue weighted by molar-refractivity contribution is 5.80. The van der Waals surface area contributed by atoms with Gasteiger partial charge in [0.25, 0.3) is 0 Å².